The van der Waals surface area contributed by atoms with E-state index in [-0.39, 0.29) is 59.7 Å². The second kappa shape index (κ2) is 22.8. The van der Waals surface area contributed by atoms with Gasteiger partial charge in [-0.05, 0) is 117 Å². The van der Waals surface area contributed by atoms with Crippen LogP contribution < -0.4 is 51.7 Å². The standard InChI is InChI=1S/C54H49ClN8O10.H2O/c1-30-47(41-9-5-7-23-62(41)49(30)51(66)33-13-19-39(56)43(25-33)70-3)60-53(68)32-11-15-35(16-12-32)72-28-45(64)58-21-22-59-46(65)29-73-36-17-18-37(38(55)27-36)54(69)61-48-31(2)50(63-24-8-6-10-42(48)63)52(67)34-14-20-40(57)44(26-34)71-4;/h5-20,23-27H,21-22,28-29,56-57H2,1-4H3,(H,58,64)(H,59,65)(H,60,68)(H,61,69);1H2. The molecule has 19 nitrogen and oxygen atoms in total. The molecule has 0 atom stereocenters. The highest BCUT2D eigenvalue weighted by molar-refractivity contribution is 6.34. The van der Waals surface area contributed by atoms with Crippen LogP contribution >= 0.6 is 11.6 Å². The van der Waals surface area contributed by atoms with Crippen molar-refractivity contribution in [2.24, 2.45) is 0 Å². The number of nitrogens with one attached hydrogen (secondary N) is 4. The van der Waals surface area contributed by atoms with Crippen molar-refractivity contribution in [1.82, 2.24) is 19.4 Å². The second-order valence-corrected chi connectivity index (χ2v) is 16.9. The molecular weight excluding hydrogens is 972 g/mol. The molecule has 0 radical (unpaired) electrons. The maximum absolute atomic E-state index is 13.8. The first-order valence-electron chi connectivity index (χ1n) is 22.6. The van der Waals surface area contributed by atoms with E-state index in [0.717, 1.165) is 0 Å². The molecule has 0 bridgehead atoms. The summed E-state index contributed by atoms with van der Waals surface area (Å²) in [6.45, 7) is 2.99. The van der Waals surface area contributed by atoms with Crippen molar-refractivity contribution >= 4 is 80.6 Å². The van der Waals surface area contributed by atoms with Crippen molar-refractivity contribution in [1.29, 1.82) is 0 Å². The van der Waals surface area contributed by atoms with Crippen molar-refractivity contribution in [2.45, 2.75) is 13.8 Å². The van der Waals surface area contributed by atoms with Gasteiger partial charge in [-0.1, -0.05) is 23.7 Å². The van der Waals surface area contributed by atoms with E-state index in [9.17, 15) is 28.8 Å². The lowest BCUT2D eigenvalue weighted by atomic mass is 10.0. The zero-order chi connectivity index (χ0) is 51.9. The lowest BCUT2D eigenvalue weighted by Gasteiger charge is -2.11. The van der Waals surface area contributed by atoms with Crippen LogP contribution in [0.5, 0.6) is 23.0 Å². The van der Waals surface area contributed by atoms with Gasteiger partial charge in [-0.3, -0.25) is 28.8 Å². The normalized spacial score (nSPS) is 10.8. The van der Waals surface area contributed by atoms with E-state index < -0.39 is 23.6 Å². The van der Waals surface area contributed by atoms with Gasteiger partial charge in [0.05, 0.1) is 70.0 Å². The van der Waals surface area contributed by atoms with Crippen LogP contribution in [-0.2, 0) is 9.59 Å². The Hall–Kier alpha value is -9.33. The fourth-order valence-electron chi connectivity index (χ4n) is 8.16. The van der Waals surface area contributed by atoms with Crippen molar-refractivity contribution in [2.75, 3.05) is 62.6 Å². The van der Waals surface area contributed by atoms with Gasteiger partial charge in [-0.2, -0.15) is 0 Å². The average Bonchev–Trinajstić information content (AvgIpc) is 3.83. The van der Waals surface area contributed by atoms with Crippen molar-refractivity contribution in [3.05, 3.63) is 177 Å². The van der Waals surface area contributed by atoms with Gasteiger partial charge in [-0.25, -0.2) is 0 Å². The number of fused-ring (bicyclic) bond motifs is 2. The number of nitrogens with two attached hydrogens (primary N) is 2. The lowest BCUT2D eigenvalue weighted by Crippen LogP contribution is -2.38. The third-order valence-corrected chi connectivity index (χ3v) is 12.2. The Kier molecular flexibility index (Phi) is 16.2. The van der Waals surface area contributed by atoms with Crippen LogP contribution in [-0.4, -0.2) is 90.0 Å². The molecule has 0 fully saturated rings. The predicted molar refractivity (Wildman–Crippen MR) is 280 cm³/mol. The van der Waals surface area contributed by atoms with Crippen molar-refractivity contribution in [3.8, 4) is 23.0 Å². The van der Waals surface area contributed by atoms with Gasteiger partial charge in [0, 0.05) is 53.3 Å². The summed E-state index contributed by atoms with van der Waals surface area (Å²) in [4.78, 5) is 79.7. The Bertz CT molecular complexity index is 3480. The first-order valence-corrected chi connectivity index (χ1v) is 23.0. The van der Waals surface area contributed by atoms with E-state index in [0.29, 0.717) is 90.2 Å². The summed E-state index contributed by atoms with van der Waals surface area (Å²) in [6.07, 6.45) is 3.48. The van der Waals surface area contributed by atoms with E-state index in [1.54, 1.807) is 126 Å². The molecule has 0 aliphatic heterocycles. The van der Waals surface area contributed by atoms with Crippen LogP contribution in [0.2, 0.25) is 5.02 Å². The number of nitrogen functional groups attached to an aromatic ring is 2. The average molecular weight is 1020 g/mol. The molecule has 20 heteroatoms. The number of methoxy groups -OCH3 is 2. The summed E-state index contributed by atoms with van der Waals surface area (Å²) in [5, 5.41) is 11.2. The van der Waals surface area contributed by atoms with E-state index in [4.69, 9.17) is 42.0 Å². The molecule has 0 aliphatic carbocycles. The van der Waals surface area contributed by atoms with Gasteiger partial charge in [0.1, 0.15) is 23.0 Å². The van der Waals surface area contributed by atoms with Gasteiger partial charge >= 0.3 is 0 Å². The summed E-state index contributed by atoms with van der Waals surface area (Å²) < 4.78 is 25.3. The molecule has 0 saturated heterocycles. The number of carbonyl (C=O) groups is 6. The van der Waals surface area contributed by atoms with Gasteiger partial charge in [-0.15, -0.1) is 0 Å². The van der Waals surface area contributed by atoms with E-state index >= 15 is 0 Å². The molecule has 4 aromatic carbocycles. The molecule has 0 spiro atoms. The number of carbonyl (C=O) groups excluding carboxylic acids is 6. The smallest absolute Gasteiger partial charge is 0.258 e. The number of halogens is 1. The third-order valence-electron chi connectivity index (χ3n) is 11.9. The first-order chi connectivity index (χ1) is 35.2. The molecule has 8 aromatic rings. The highest BCUT2D eigenvalue weighted by atomic mass is 35.5. The number of anilines is 4. The zero-order valence-electron chi connectivity index (χ0n) is 40.5. The van der Waals surface area contributed by atoms with Crippen LogP contribution in [0, 0.1) is 13.8 Å². The molecule has 4 aromatic heterocycles. The number of benzene rings is 4. The summed E-state index contributed by atoms with van der Waals surface area (Å²) >= 11 is 6.53. The number of hydrogen-bond donors (Lipinski definition) is 6. The predicted octanol–water partition coefficient (Wildman–Crippen LogP) is 6.48. The summed E-state index contributed by atoms with van der Waals surface area (Å²) in [5.74, 6) is -1.14. The fraction of sp³-hybridized carbons (Fsp3) is 0.148. The molecule has 0 unspecified atom stereocenters. The third kappa shape index (κ3) is 11.1. The monoisotopic (exact) mass is 1020 g/mol. The topological polar surface area (TPSA) is 280 Å². The summed E-state index contributed by atoms with van der Waals surface area (Å²) in [7, 11) is 2.94. The zero-order valence-corrected chi connectivity index (χ0v) is 41.2. The number of amides is 4. The van der Waals surface area contributed by atoms with Gasteiger partial charge < -0.3 is 66.0 Å². The number of nitrogens with zero attached hydrogens (tertiary/aromatic N) is 2. The Labute approximate surface area is 428 Å². The second-order valence-electron chi connectivity index (χ2n) is 16.5. The SMILES string of the molecule is COc1cc(C(=O)c2c(C)c(NC(=O)c3ccc(OCC(=O)NCCNC(=O)COc4ccc(C(=O)Nc5c(C)c(C(=O)c6ccc(N)c(OC)c6)n6ccccc56)c(Cl)c4)cc3)c3ccccn23)ccc1N.O. The number of hydrogen-bond acceptors (Lipinski definition) is 12. The lowest BCUT2D eigenvalue weighted by molar-refractivity contribution is -0.124. The summed E-state index contributed by atoms with van der Waals surface area (Å²) in [6, 6.07) is 30.9. The van der Waals surface area contributed by atoms with E-state index in [2.05, 4.69) is 21.3 Å². The molecule has 4 amide bonds. The van der Waals surface area contributed by atoms with Crippen LogP contribution in [0.3, 0.4) is 0 Å². The minimum absolute atomic E-state index is 0. The number of aromatic nitrogens is 2. The molecule has 4 heterocycles. The Morgan fingerprint density at radius 1 is 0.554 bits per heavy atom. The number of ether oxygens (including phenoxy) is 4. The summed E-state index contributed by atoms with van der Waals surface area (Å²) in [5.41, 5.74) is 17.8. The molecule has 0 saturated carbocycles. The quantitative estimate of drug-likeness (QED) is 0.0289. The highest BCUT2D eigenvalue weighted by Crippen LogP contribution is 2.35. The van der Waals surface area contributed by atoms with Crippen LogP contribution in [0.15, 0.2) is 128 Å². The van der Waals surface area contributed by atoms with Crippen LogP contribution in [0.1, 0.15) is 63.9 Å². The molecule has 74 heavy (non-hydrogen) atoms. The van der Waals surface area contributed by atoms with E-state index in [1.165, 1.54) is 32.4 Å². The number of pyridine rings is 2. The molecule has 0 aliphatic rings. The maximum atomic E-state index is 13.8. The largest absolute Gasteiger partial charge is 0.495 e. The maximum Gasteiger partial charge on any atom is 0.258 e. The molecule has 10 N–H and O–H groups in total. The highest BCUT2D eigenvalue weighted by Gasteiger charge is 2.26. The van der Waals surface area contributed by atoms with Gasteiger partial charge in [0.15, 0.2) is 13.2 Å². The molecule has 8 rings (SSSR count). The van der Waals surface area contributed by atoms with Gasteiger partial charge in [0.25, 0.3) is 23.6 Å². The molecule has 380 valence electrons. The van der Waals surface area contributed by atoms with Gasteiger partial charge in [0.2, 0.25) is 11.6 Å². The fourth-order valence-corrected chi connectivity index (χ4v) is 8.42. The van der Waals surface area contributed by atoms with Crippen molar-refractivity contribution in [3.63, 3.8) is 0 Å². The Morgan fingerprint density at radius 2 is 1.00 bits per heavy atom. The first kappa shape index (κ1) is 52.5. The molecular formula is C54H51ClN8O11. The van der Waals surface area contributed by atoms with Crippen molar-refractivity contribution < 1.29 is 53.2 Å². The minimum Gasteiger partial charge on any atom is -0.495 e. The minimum atomic E-state index is -0.532. The number of rotatable bonds is 19. The van der Waals surface area contributed by atoms with E-state index in [1.807, 2.05) is 6.07 Å². The van der Waals surface area contributed by atoms with Crippen LogP contribution in [0.4, 0.5) is 22.7 Å². The Balaban J connectivity index is 0.00000800. The number of ketones is 2. The van der Waals surface area contributed by atoms with Crippen LogP contribution in [0.25, 0.3) is 11.0 Å². The Morgan fingerprint density at radius 3 is 1.47 bits per heavy atom.